The molecular formula is C14H18N2O4. The van der Waals surface area contributed by atoms with Crippen LogP contribution in [0.2, 0.25) is 0 Å². The van der Waals surface area contributed by atoms with Gasteiger partial charge in [0.2, 0.25) is 0 Å². The van der Waals surface area contributed by atoms with Crippen LogP contribution in [0, 0.1) is 10.1 Å². The van der Waals surface area contributed by atoms with Crippen LogP contribution in [0.4, 0.5) is 10.5 Å². The Morgan fingerprint density at radius 2 is 2.05 bits per heavy atom. The van der Waals surface area contributed by atoms with Gasteiger partial charge >= 0.3 is 6.09 Å². The van der Waals surface area contributed by atoms with Gasteiger partial charge < -0.3 is 9.64 Å². The zero-order valence-corrected chi connectivity index (χ0v) is 11.8. The molecule has 0 radical (unpaired) electrons. The summed E-state index contributed by atoms with van der Waals surface area (Å²) in [5.74, 6) is 0.141. The van der Waals surface area contributed by atoms with E-state index in [9.17, 15) is 14.9 Å². The van der Waals surface area contributed by atoms with Gasteiger partial charge in [0, 0.05) is 31.1 Å². The molecule has 1 aliphatic heterocycles. The molecule has 6 nitrogen and oxygen atoms in total. The third kappa shape index (κ3) is 3.26. The van der Waals surface area contributed by atoms with Crippen LogP contribution in [0.15, 0.2) is 24.3 Å². The highest BCUT2D eigenvalue weighted by molar-refractivity contribution is 5.69. The van der Waals surface area contributed by atoms with Crippen LogP contribution in [-0.2, 0) is 4.74 Å². The third-order valence-corrected chi connectivity index (χ3v) is 3.09. The number of nitro benzene ring substituents is 1. The molecule has 20 heavy (non-hydrogen) atoms. The standard InChI is InChI=1S/C14H18N2O4/c1-14(2,3)20-13(17)15-8-11(9-15)10-5-4-6-12(7-10)16(18)19/h4-7,11H,8-9H2,1-3H3. The van der Waals surface area contributed by atoms with Crippen LogP contribution in [0.3, 0.4) is 0 Å². The highest BCUT2D eigenvalue weighted by Gasteiger charge is 2.34. The van der Waals surface area contributed by atoms with E-state index in [0.717, 1.165) is 5.56 Å². The van der Waals surface area contributed by atoms with E-state index < -0.39 is 10.5 Å². The van der Waals surface area contributed by atoms with Crippen molar-refractivity contribution in [2.75, 3.05) is 13.1 Å². The lowest BCUT2D eigenvalue weighted by atomic mass is 9.91. The second-order valence-electron chi connectivity index (χ2n) is 5.93. The summed E-state index contributed by atoms with van der Waals surface area (Å²) in [6.45, 7) is 6.54. The van der Waals surface area contributed by atoms with Crippen molar-refractivity contribution in [3.8, 4) is 0 Å². The van der Waals surface area contributed by atoms with Gasteiger partial charge in [-0.1, -0.05) is 12.1 Å². The van der Waals surface area contributed by atoms with Crippen LogP contribution in [0.5, 0.6) is 0 Å². The number of benzene rings is 1. The fourth-order valence-electron chi connectivity index (χ4n) is 2.06. The summed E-state index contributed by atoms with van der Waals surface area (Å²) >= 11 is 0. The molecule has 1 aromatic rings. The average molecular weight is 278 g/mol. The zero-order chi connectivity index (χ0) is 14.9. The Morgan fingerprint density at radius 3 is 2.60 bits per heavy atom. The first kappa shape index (κ1) is 14.3. The van der Waals surface area contributed by atoms with Gasteiger partial charge in [0.1, 0.15) is 5.60 Å². The number of hydrogen-bond acceptors (Lipinski definition) is 4. The minimum atomic E-state index is -0.506. The molecule has 6 heteroatoms. The van der Waals surface area contributed by atoms with Crippen LogP contribution in [-0.4, -0.2) is 34.6 Å². The Hall–Kier alpha value is -2.11. The lowest BCUT2D eigenvalue weighted by molar-refractivity contribution is -0.384. The molecule has 1 aromatic carbocycles. The highest BCUT2D eigenvalue weighted by atomic mass is 16.6. The number of likely N-dealkylation sites (tertiary alicyclic amines) is 1. The van der Waals surface area contributed by atoms with Crippen LogP contribution in [0.1, 0.15) is 32.3 Å². The molecule has 0 N–H and O–H groups in total. The number of nitro groups is 1. The summed E-state index contributed by atoms with van der Waals surface area (Å²) in [4.78, 5) is 23.7. The van der Waals surface area contributed by atoms with E-state index >= 15 is 0 Å². The van der Waals surface area contributed by atoms with Gasteiger partial charge in [-0.15, -0.1) is 0 Å². The monoisotopic (exact) mass is 278 g/mol. The third-order valence-electron chi connectivity index (χ3n) is 3.09. The first-order chi connectivity index (χ1) is 9.26. The number of carbonyl (C=O) groups excluding carboxylic acids is 1. The number of hydrogen-bond donors (Lipinski definition) is 0. The van der Waals surface area contributed by atoms with E-state index in [2.05, 4.69) is 0 Å². The molecule has 0 unspecified atom stereocenters. The molecule has 2 rings (SSSR count). The van der Waals surface area contributed by atoms with Gasteiger partial charge in [0.05, 0.1) is 4.92 Å². The maximum Gasteiger partial charge on any atom is 0.410 e. The molecule has 1 heterocycles. The highest BCUT2D eigenvalue weighted by Crippen LogP contribution is 2.30. The normalized spacial score (nSPS) is 15.7. The fourth-order valence-corrected chi connectivity index (χ4v) is 2.06. The van der Waals surface area contributed by atoms with E-state index in [1.165, 1.54) is 6.07 Å². The zero-order valence-electron chi connectivity index (χ0n) is 11.8. The van der Waals surface area contributed by atoms with Gasteiger partial charge in [-0.2, -0.15) is 0 Å². The molecule has 0 bridgehead atoms. The number of non-ortho nitro benzene ring substituents is 1. The number of ether oxygens (including phenoxy) is 1. The van der Waals surface area contributed by atoms with Crippen LogP contribution in [0.25, 0.3) is 0 Å². The summed E-state index contributed by atoms with van der Waals surface area (Å²) in [7, 11) is 0. The number of rotatable bonds is 2. The van der Waals surface area contributed by atoms with E-state index in [-0.39, 0.29) is 17.7 Å². The molecule has 0 atom stereocenters. The van der Waals surface area contributed by atoms with E-state index in [4.69, 9.17) is 4.74 Å². The van der Waals surface area contributed by atoms with Crippen molar-refractivity contribution in [2.24, 2.45) is 0 Å². The van der Waals surface area contributed by atoms with Crippen molar-refractivity contribution in [1.82, 2.24) is 4.90 Å². The second kappa shape index (κ2) is 5.11. The van der Waals surface area contributed by atoms with Crippen molar-refractivity contribution >= 4 is 11.8 Å². The lowest BCUT2D eigenvalue weighted by Gasteiger charge is -2.39. The molecule has 0 aliphatic carbocycles. The number of amides is 1. The maximum absolute atomic E-state index is 11.8. The molecule has 1 amide bonds. The Kier molecular flexibility index (Phi) is 3.65. The SMILES string of the molecule is CC(C)(C)OC(=O)N1CC(c2cccc([N+](=O)[O-])c2)C1. The topological polar surface area (TPSA) is 72.7 Å². The Balaban J connectivity index is 1.95. The molecule has 108 valence electrons. The van der Waals surface area contributed by atoms with Crippen molar-refractivity contribution in [2.45, 2.75) is 32.3 Å². The van der Waals surface area contributed by atoms with E-state index in [0.29, 0.717) is 13.1 Å². The first-order valence-corrected chi connectivity index (χ1v) is 6.48. The van der Waals surface area contributed by atoms with Crippen molar-refractivity contribution in [3.63, 3.8) is 0 Å². The van der Waals surface area contributed by atoms with E-state index in [1.807, 2.05) is 26.8 Å². The Labute approximate surface area is 117 Å². The van der Waals surface area contributed by atoms with Gasteiger partial charge in [0.15, 0.2) is 0 Å². The minimum absolute atomic E-state index is 0.0817. The molecule has 0 saturated carbocycles. The summed E-state index contributed by atoms with van der Waals surface area (Å²) in [5, 5.41) is 10.7. The Bertz CT molecular complexity index is 530. The fraction of sp³-hybridized carbons (Fsp3) is 0.500. The largest absolute Gasteiger partial charge is 0.444 e. The van der Waals surface area contributed by atoms with Gasteiger partial charge in [0.25, 0.3) is 5.69 Å². The number of nitrogens with zero attached hydrogens (tertiary/aromatic N) is 2. The predicted octanol–water partition coefficient (Wildman–Crippen LogP) is 2.93. The smallest absolute Gasteiger partial charge is 0.410 e. The van der Waals surface area contributed by atoms with E-state index in [1.54, 1.807) is 17.0 Å². The molecule has 0 aromatic heterocycles. The predicted molar refractivity (Wildman–Crippen MR) is 73.6 cm³/mol. The summed E-state index contributed by atoms with van der Waals surface area (Å²) in [5.41, 5.74) is 0.463. The molecular weight excluding hydrogens is 260 g/mol. The molecule has 0 spiro atoms. The van der Waals surface area contributed by atoms with Gasteiger partial charge in [-0.05, 0) is 26.3 Å². The lowest BCUT2D eigenvalue weighted by Crippen LogP contribution is -2.50. The molecule has 1 saturated heterocycles. The van der Waals surface area contributed by atoms with Crippen LogP contribution >= 0.6 is 0 Å². The molecule has 1 aliphatic rings. The summed E-state index contributed by atoms with van der Waals surface area (Å²) in [6, 6.07) is 6.55. The van der Waals surface area contributed by atoms with Gasteiger partial charge in [-0.3, -0.25) is 10.1 Å². The molecule has 1 fully saturated rings. The van der Waals surface area contributed by atoms with Gasteiger partial charge in [-0.25, -0.2) is 4.79 Å². The second-order valence-corrected chi connectivity index (χ2v) is 5.93. The van der Waals surface area contributed by atoms with Crippen LogP contribution < -0.4 is 0 Å². The first-order valence-electron chi connectivity index (χ1n) is 6.48. The summed E-state index contributed by atoms with van der Waals surface area (Å²) < 4.78 is 5.27. The minimum Gasteiger partial charge on any atom is -0.444 e. The maximum atomic E-state index is 11.8. The quantitative estimate of drug-likeness (QED) is 0.616. The number of carbonyl (C=O) groups is 1. The summed E-state index contributed by atoms with van der Waals surface area (Å²) in [6.07, 6.45) is -0.334. The average Bonchev–Trinajstić information content (AvgIpc) is 2.24. The van der Waals surface area contributed by atoms with Crippen molar-refractivity contribution < 1.29 is 14.5 Å². The Morgan fingerprint density at radius 1 is 1.40 bits per heavy atom. The van der Waals surface area contributed by atoms with Crippen molar-refractivity contribution in [1.29, 1.82) is 0 Å². The van der Waals surface area contributed by atoms with Crippen molar-refractivity contribution in [3.05, 3.63) is 39.9 Å².